The van der Waals surface area contributed by atoms with Crippen LogP contribution in [0.4, 0.5) is 5.69 Å². The highest BCUT2D eigenvalue weighted by molar-refractivity contribution is 6.33. The molecule has 0 fully saturated rings. The van der Waals surface area contributed by atoms with E-state index in [9.17, 15) is 9.59 Å². The third-order valence-electron chi connectivity index (χ3n) is 1.76. The van der Waals surface area contributed by atoms with Crippen molar-refractivity contribution >= 4 is 29.2 Å². The molecule has 5 nitrogen and oxygen atoms in total. The van der Waals surface area contributed by atoms with Crippen LogP contribution in [0.15, 0.2) is 18.2 Å². The Morgan fingerprint density at radius 3 is 2.33 bits per heavy atom. The van der Waals surface area contributed by atoms with Crippen molar-refractivity contribution in [1.82, 2.24) is 0 Å². The minimum Gasteiger partial charge on any atom is -0.466 e. The number of halogens is 1. The van der Waals surface area contributed by atoms with Crippen LogP contribution in [-0.2, 0) is 14.3 Å². The third kappa shape index (κ3) is 6.10. The number of esters is 2. The van der Waals surface area contributed by atoms with E-state index in [1.165, 1.54) is 20.1 Å². The summed E-state index contributed by atoms with van der Waals surface area (Å²) >= 11 is 5.65. The Bertz CT molecular complexity index is 421. The first-order valence-corrected chi connectivity index (χ1v) is 5.56. The smallest absolute Gasteiger partial charge is 0.337 e. The molecular weight excluding hydrogens is 258 g/mol. The summed E-state index contributed by atoms with van der Waals surface area (Å²) in [5, 5.41) is 0.433. The summed E-state index contributed by atoms with van der Waals surface area (Å²) in [5.41, 5.74) is 6.25. The van der Waals surface area contributed by atoms with Gasteiger partial charge in [-0.25, -0.2) is 4.79 Å². The number of methoxy groups -OCH3 is 1. The van der Waals surface area contributed by atoms with Crippen LogP contribution in [-0.4, -0.2) is 25.7 Å². The molecule has 0 aliphatic rings. The van der Waals surface area contributed by atoms with Crippen molar-refractivity contribution < 1.29 is 19.1 Å². The van der Waals surface area contributed by atoms with E-state index in [1.54, 1.807) is 19.1 Å². The lowest BCUT2D eigenvalue weighted by Gasteiger charge is -2.01. The fourth-order valence-electron chi connectivity index (χ4n) is 0.992. The maximum atomic E-state index is 11.0. The Morgan fingerprint density at radius 1 is 1.39 bits per heavy atom. The molecule has 0 heterocycles. The average molecular weight is 274 g/mol. The van der Waals surface area contributed by atoms with Gasteiger partial charge in [-0.2, -0.15) is 0 Å². The van der Waals surface area contributed by atoms with Gasteiger partial charge in [0.2, 0.25) is 0 Å². The zero-order valence-electron chi connectivity index (χ0n) is 10.5. The molecule has 0 unspecified atom stereocenters. The Labute approximate surface area is 111 Å². The van der Waals surface area contributed by atoms with Crippen molar-refractivity contribution in [2.45, 2.75) is 13.8 Å². The lowest BCUT2D eigenvalue weighted by atomic mass is 10.2. The number of ether oxygens (including phenoxy) is 2. The summed E-state index contributed by atoms with van der Waals surface area (Å²) in [4.78, 5) is 20.8. The molecule has 18 heavy (non-hydrogen) atoms. The second kappa shape index (κ2) is 8.36. The first-order valence-electron chi connectivity index (χ1n) is 5.19. The maximum Gasteiger partial charge on any atom is 0.337 e. The zero-order chi connectivity index (χ0) is 14.1. The molecule has 0 saturated carbocycles. The van der Waals surface area contributed by atoms with Crippen molar-refractivity contribution in [3.63, 3.8) is 0 Å². The van der Waals surface area contributed by atoms with Gasteiger partial charge in [0.1, 0.15) is 0 Å². The summed E-state index contributed by atoms with van der Waals surface area (Å²) in [6.45, 7) is 3.65. The van der Waals surface area contributed by atoms with Crippen LogP contribution < -0.4 is 5.73 Å². The topological polar surface area (TPSA) is 78.6 Å². The second-order valence-electron chi connectivity index (χ2n) is 3.15. The number of nitrogen functional groups attached to an aromatic ring is 1. The molecule has 1 rings (SSSR count). The normalized spacial score (nSPS) is 8.89. The molecule has 0 spiro atoms. The highest BCUT2D eigenvalue weighted by Crippen LogP contribution is 2.19. The van der Waals surface area contributed by atoms with E-state index in [0.717, 1.165) is 0 Å². The minimum atomic E-state index is -0.418. The fraction of sp³-hybridized carbons (Fsp3) is 0.333. The molecule has 100 valence electrons. The number of hydrogen-bond donors (Lipinski definition) is 1. The molecule has 0 atom stereocenters. The van der Waals surface area contributed by atoms with Gasteiger partial charge in [0.05, 0.1) is 30.0 Å². The van der Waals surface area contributed by atoms with Crippen LogP contribution in [0.1, 0.15) is 24.2 Å². The van der Waals surface area contributed by atoms with Crippen LogP contribution in [0.2, 0.25) is 5.02 Å². The summed E-state index contributed by atoms with van der Waals surface area (Å²) in [6, 6.07) is 4.60. The largest absolute Gasteiger partial charge is 0.466 e. The van der Waals surface area contributed by atoms with Gasteiger partial charge in [0.25, 0.3) is 0 Å². The van der Waals surface area contributed by atoms with Crippen LogP contribution in [0.3, 0.4) is 0 Å². The van der Waals surface area contributed by atoms with Crippen LogP contribution in [0.25, 0.3) is 0 Å². The SMILES string of the molecule is CCOC(C)=O.COC(=O)c1ccc(Cl)c(N)c1. The molecule has 1 aromatic rings. The van der Waals surface area contributed by atoms with Crippen molar-refractivity contribution in [2.24, 2.45) is 0 Å². The molecule has 0 radical (unpaired) electrons. The highest BCUT2D eigenvalue weighted by Gasteiger charge is 2.06. The molecule has 0 bridgehead atoms. The van der Waals surface area contributed by atoms with E-state index >= 15 is 0 Å². The van der Waals surface area contributed by atoms with Crippen LogP contribution in [0, 0.1) is 0 Å². The molecule has 2 N–H and O–H groups in total. The standard InChI is InChI=1S/C8H8ClNO2.C4H8O2/c1-12-8(11)5-2-3-6(9)7(10)4-5;1-3-6-4(2)5/h2-4H,10H2,1H3;3H2,1-2H3. The maximum absolute atomic E-state index is 11.0. The quantitative estimate of drug-likeness (QED) is 0.661. The van der Waals surface area contributed by atoms with Gasteiger partial charge in [-0.05, 0) is 25.1 Å². The van der Waals surface area contributed by atoms with Gasteiger partial charge in [0, 0.05) is 6.92 Å². The van der Waals surface area contributed by atoms with Crippen molar-refractivity contribution in [1.29, 1.82) is 0 Å². The number of nitrogens with two attached hydrogens (primary N) is 1. The second-order valence-corrected chi connectivity index (χ2v) is 3.56. The Hall–Kier alpha value is -1.75. The summed E-state index contributed by atoms with van der Waals surface area (Å²) in [7, 11) is 1.31. The molecule has 1 aromatic carbocycles. The number of carbonyl (C=O) groups excluding carboxylic acids is 2. The number of hydrogen-bond acceptors (Lipinski definition) is 5. The van der Waals surface area contributed by atoms with Gasteiger partial charge in [0.15, 0.2) is 0 Å². The molecular formula is C12H16ClNO4. The van der Waals surface area contributed by atoms with Gasteiger partial charge in [-0.3, -0.25) is 4.79 Å². The average Bonchev–Trinajstić information content (AvgIpc) is 2.32. The van der Waals surface area contributed by atoms with E-state index in [0.29, 0.717) is 22.9 Å². The lowest BCUT2D eigenvalue weighted by Crippen LogP contribution is -2.01. The van der Waals surface area contributed by atoms with Gasteiger partial charge < -0.3 is 15.2 Å². The van der Waals surface area contributed by atoms with Gasteiger partial charge >= 0.3 is 11.9 Å². The van der Waals surface area contributed by atoms with E-state index in [4.69, 9.17) is 17.3 Å². The number of rotatable bonds is 2. The van der Waals surface area contributed by atoms with E-state index in [1.807, 2.05) is 0 Å². The third-order valence-corrected chi connectivity index (χ3v) is 2.11. The molecule has 0 saturated heterocycles. The molecule has 0 amide bonds. The fourth-order valence-corrected chi connectivity index (χ4v) is 1.11. The first kappa shape index (κ1) is 16.2. The summed E-state index contributed by atoms with van der Waals surface area (Å²) in [6.07, 6.45) is 0. The first-order chi connectivity index (χ1) is 8.42. The van der Waals surface area contributed by atoms with E-state index in [-0.39, 0.29) is 5.97 Å². The van der Waals surface area contributed by atoms with Crippen molar-refractivity contribution in [3.05, 3.63) is 28.8 Å². The Balaban J connectivity index is 0.000000411. The number of carbonyl (C=O) groups is 2. The van der Waals surface area contributed by atoms with Crippen LogP contribution in [0.5, 0.6) is 0 Å². The van der Waals surface area contributed by atoms with Crippen LogP contribution >= 0.6 is 11.6 Å². The lowest BCUT2D eigenvalue weighted by molar-refractivity contribution is -0.140. The highest BCUT2D eigenvalue weighted by atomic mass is 35.5. The zero-order valence-corrected chi connectivity index (χ0v) is 11.3. The predicted octanol–water partition coefficient (Wildman–Crippen LogP) is 2.28. The molecule has 6 heteroatoms. The van der Waals surface area contributed by atoms with Crippen molar-refractivity contribution in [2.75, 3.05) is 19.5 Å². The van der Waals surface area contributed by atoms with Gasteiger partial charge in [-0.1, -0.05) is 11.6 Å². The van der Waals surface area contributed by atoms with E-state index in [2.05, 4.69) is 9.47 Å². The monoisotopic (exact) mass is 273 g/mol. The number of benzene rings is 1. The molecule has 0 aromatic heterocycles. The molecule has 0 aliphatic carbocycles. The van der Waals surface area contributed by atoms with Crippen molar-refractivity contribution in [3.8, 4) is 0 Å². The van der Waals surface area contributed by atoms with Gasteiger partial charge in [-0.15, -0.1) is 0 Å². The predicted molar refractivity (Wildman–Crippen MR) is 69.5 cm³/mol. The Kier molecular flexibility index (Phi) is 7.54. The minimum absolute atomic E-state index is 0.211. The molecule has 0 aliphatic heterocycles. The Morgan fingerprint density at radius 2 is 2.00 bits per heavy atom. The summed E-state index contributed by atoms with van der Waals surface area (Å²) < 4.78 is 8.90. The summed E-state index contributed by atoms with van der Waals surface area (Å²) in [5.74, 6) is -0.629. The van der Waals surface area contributed by atoms with E-state index < -0.39 is 5.97 Å². The number of anilines is 1.